The third kappa shape index (κ3) is 7.78. The molecular weight excluding hydrogens is 506 g/mol. The molecule has 0 atom stereocenters. The average molecular weight is 552 g/mol. The topological polar surface area (TPSA) is 63.2 Å². The Morgan fingerprint density at radius 2 is 1.39 bits per heavy atom. The lowest BCUT2D eigenvalue weighted by molar-refractivity contribution is -0.116. The molecule has 6 rings (SSSR count). The van der Waals surface area contributed by atoms with Crippen LogP contribution in [-0.4, -0.2) is 35.6 Å². The van der Waals surface area contributed by atoms with Crippen molar-refractivity contribution in [3.8, 4) is 0 Å². The maximum atomic E-state index is 12.3. The van der Waals surface area contributed by atoms with Crippen molar-refractivity contribution in [3.05, 3.63) is 77.1 Å². The maximum absolute atomic E-state index is 12.3. The van der Waals surface area contributed by atoms with E-state index in [0.29, 0.717) is 12.8 Å². The van der Waals surface area contributed by atoms with Crippen LogP contribution in [0.15, 0.2) is 54.6 Å². The number of hydrogen-bond acceptors (Lipinski definition) is 5. The summed E-state index contributed by atoms with van der Waals surface area (Å²) >= 11 is 0. The van der Waals surface area contributed by atoms with Crippen LogP contribution in [0.25, 0.3) is 21.7 Å². The average Bonchev–Trinajstić information content (AvgIpc) is 3.38. The van der Waals surface area contributed by atoms with E-state index in [0.717, 1.165) is 58.2 Å². The van der Waals surface area contributed by atoms with E-state index < -0.39 is 0 Å². The molecule has 1 aromatic heterocycles. The summed E-state index contributed by atoms with van der Waals surface area (Å²) in [6.07, 6.45) is 8.68. The minimum absolute atomic E-state index is 0.0688. The quantitative estimate of drug-likeness (QED) is 0.233. The van der Waals surface area contributed by atoms with Gasteiger partial charge in [-0.3, -0.25) is 4.79 Å². The summed E-state index contributed by atoms with van der Waals surface area (Å²) in [6.45, 7) is 8.18. The molecular formula is C36H45N3O2. The van der Waals surface area contributed by atoms with Gasteiger partial charge in [-0.15, -0.1) is 0 Å². The third-order valence-corrected chi connectivity index (χ3v) is 8.30. The number of Topliss-reactive ketones (excluding diaryl/α,β-unsaturated/α-hetero) is 2. The van der Waals surface area contributed by atoms with E-state index in [-0.39, 0.29) is 11.6 Å². The van der Waals surface area contributed by atoms with Gasteiger partial charge in [0, 0.05) is 37.9 Å². The van der Waals surface area contributed by atoms with E-state index in [2.05, 4.69) is 35.9 Å². The second kappa shape index (κ2) is 13.8. The molecule has 0 spiro atoms. The van der Waals surface area contributed by atoms with Gasteiger partial charge in [-0.1, -0.05) is 82.0 Å². The van der Waals surface area contributed by atoms with E-state index in [4.69, 9.17) is 0 Å². The number of carbonyl (C=O) groups excluding carboxylic acids is 2. The molecule has 5 heteroatoms. The van der Waals surface area contributed by atoms with E-state index >= 15 is 0 Å². The third-order valence-electron chi connectivity index (χ3n) is 8.30. The summed E-state index contributed by atoms with van der Waals surface area (Å²) in [5, 5.41) is 3.42. The van der Waals surface area contributed by atoms with E-state index in [9.17, 15) is 9.59 Å². The molecule has 216 valence electrons. The van der Waals surface area contributed by atoms with Crippen molar-refractivity contribution in [2.24, 2.45) is 11.8 Å². The number of nitrogens with zero attached hydrogens (tertiary/aromatic N) is 3. The van der Waals surface area contributed by atoms with Gasteiger partial charge in [0.1, 0.15) is 17.4 Å². The van der Waals surface area contributed by atoms with Crippen LogP contribution >= 0.6 is 0 Å². The number of hydrogen-bond donors (Lipinski definition) is 0. The molecule has 2 aliphatic carbocycles. The summed E-state index contributed by atoms with van der Waals surface area (Å²) in [6, 6.07) is 18.2. The van der Waals surface area contributed by atoms with Gasteiger partial charge < -0.3 is 9.69 Å². The maximum Gasteiger partial charge on any atom is 0.163 e. The van der Waals surface area contributed by atoms with Crippen LogP contribution in [0.1, 0.15) is 86.6 Å². The molecule has 1 fully saturated rings. The first-order chi connectivity index (χ1) is 19.6. The molecule has 1 saturated carbocycles. The second-order valence-corrected chi connectivity index (χ2v) is 12.1. The van der Waals surface area contributed by atoms with Gasteiger partial charge in [0.15, 0.2) is 5.78 Å². The number of aromatic nitrogens is 2. The lowest BCUT2D eigenvalue weighted by atomic mass is 9.84. The van der Waals surface area contributed by atoms with E-state index in [1.54, 1.807) is 0 Å². The Morgan fingerprint density at radius 3 is 2.02 bits per heavy atom. The molecule has 3 aromatic carbocycles. The highest BCUT2D eigenvalue weighted by molar-refractivity contribution is 6.10. The highest BCUT2D eigenvalue weighted by atomic mass is 16.1. The van der Waals surface area contributed by atoms with Crippen molar-refractivity contribution in [1.29, 1.82) is 0 Å². The fourth-order valence-corrected chi connectivity index (χ4v) is 5.85. The normalized spacial score (nSPS) is 17.3. The van der Waals surface area contributed by atoms with Crippen molar-refractivity contribution in [2.75, 3.05) is 19.0 Å². The molecule has 0 unspecified atom stereocenters. The SMILES string of the molecule is CC(=O)CCC(=O)c1ccc2c3c(cccc13)CC2.CC1CCC(C)CC1.Cc1nc(N(C)C)c2ccccc2n1. The minimum atomic E-state index is 0.0688. The van der Waals surface area contributed by atoms with Crippen LogP contribution in [0.5, 0.6) is 0 Å². The van der Waals surface area contributed by atoms with Gasteiger partial charge >= 0.3 is 0 Å². The Bertz CT molecular complexity index is 1500. The highest BCUT2D eigenvalue weighted by Crippen LogP contribution is 2.33. The van der Waals surface area contributed by atoms with Crippen LogP contribution in [0.3, 0.4) is 0 Å². The number of ketones is 2. The first kappa shape index (κ1) is 30.4. The second-order valence-electron chi connectivity index (χ2n) is 12.1. The van der Waals surface area contributed by atoms with Gasteiger partial charge in [0.2, 0.25) is 0 Å². The Kier molecular flexibility index (Phi) is 10.3. The van der Waals surface area contributed by atoms with Gasteiger partial charge in [-0.2, -0.15) is 0 Å². The van der Waals surface area contributed by atoms with Crippen LogP contribution in [0.2, 0.25) is 0 Å². The van der Waals surface area contributed by atoms with Gasteiger partial charge in [0.25, 0.3) is 0 Å². The van der Waals surface area contributed by atoms with Crippen LogP contribution in [0, 0.1) is 18.8 Å². The molecule has 0 saturated heterocycles. The molecule has 4 aromatic rings. The molecule has 5 nitrogen and oxygen atoms in total. The number of fused-ring (bicyclic) bond motifs is 1. The Labute approximate surface area is 245 Å². The monoisotopic (exact) mass is 551 g/mol. The summed E-state index contributed by atoms with van der Waals surface area (Å²) < 4.78 is 0. The predicted octanol–water partition coefficient (Wildman–Crippen LogP) is 8.33. The number of benzene rings is 3. The lowest BCUT2D eigenvalue weighted by Crippen LogP contribution is -2.12. The zero-order valence-corrected chi connectivity index (χ0v) is 25.7. The van der Waals surface area contributed by atoms with E-state index in [1.807, 2.05) is 68.4 Å². The smallest absolute Gasteiger partial charge is 0.163 e. The number of carbonyl (C=O) groups is 2. The van der Waals surface area contributed by atoms with E-state index in [1.165, 1.54) is 49.1 Å². The molecule has 0 N–H and O–H groups in total. The summed E-state index contributed by atoms with van der Waals surface area (Å²) in [5.41, 5.74) is 4.45. The zero-order chi connectivity index (χ0) is 29.5. The van der Waals surface area contributed by atoms with Gasteiger partial charge in [-0.05, 0) is 72.6 Å². The van der Waals surface area contributed by atoms with Crippen molar-refractivity contribution < 1.29 is 9.59 Å². The molecule has 41 heavy (non-hydrogen) atoms. The van der Waals surface area contributed by atoms with Crippen molar-refractivity contribution in [3.63, 3.8) is 0 Å². The fourth-order valence-electron chi connectivity index (χ4n) is 5.85. The Morgan fingerprint density at radius 1 is 0.780 bits per heavy atom. The van der Waals surface area contributed by atoms with Crippen LogP contribution in [0.4, 0.5) is 5.82 Å². The molecule has 0 aliphatic heterocycles. The van der Waals surface area contributed by atoms with Crippen molar-refractivity contribution in [2.45, 2.75) is 79.1 Å². The van der Waals surface area contributed by atoms with Crippen molar-refractivity contribution >= 4 is 39.1 Å². The molecule has 0 amide bonds. The summed E-state index contributed by atoms with van der Waals surface area (Å²) in [5.74, 6) is 3.97. The largest absolute Gasteiger partial charge is 0.362 e. The number of anilines is 1. The molecule has 1 heterocycles. The first-order valence-corrected chi connectivity index (χ1v) is 15.1. The number of rotatable bonds is 5. The Balaban J connectivity index is 0.000000154. The first-order valence-electron chi connectivity index (χ1n) is 15.1. The molecule has 0 bridgehead atoms. The Hall–Kier alpha value is -3.60. The number of para-hydroxylation sites is 1. The summed E-state index contributed by atoms with van der Waals surface area (Å²) in [4.78, 5) is 34.1. The zero-order valence-electron chi connectivity index (χ0n) is 25.7. The fraction of sp³-hybridized carbons (Fsp3) is 0.444. The number of aryl methyl sites for hydroxylation is 3. The molecule has 0 radical (unpaired) electrons. The van der Waals surface area contributed by atoms with Gasteiger partial charge in [-0.25, -0.2) is 9.97 Å². The highest BCUT2D eigenvalue weighted by Gasteiger charge is 2.18. The lowest BCUT2D eigenvalue weighted by Gasteiger charge is -2.22. The van der Waals surface area contributed by atoms with Gasteiger partial charge in [0.05, 0.1) is 5.52 Å². The minimum Gasteiger partial charge on any atom is -0.362 e. The van der Waals surface area contributed by atoms with Crippen LogP contribution < -0.4 is 4.90 Å². The van der Waals surface area contributed by atoms with Crippen LogP contribution in [-0.2, 0) is 17.6 Å². The van der Waals surface area contributed by atoms with Crippen molar-refractivity contribution in [1.82, 2.24) is 9.97 Å². The summed E-state index contributed by atoms with van der Waals surface area (Å²) in [7, 11) is 3.99. The standard InChI is InChI=1S/C17H16O2.C11H13N3.C8H16/c1-11(18)5-10-16(19)14-9-8-13-7-6-12-3-2-4-15(14)17(12)13;1-8-12-10-7-5-4-6-9(10)11(13-8)14(2)3;1-7-3-5-8(2)6-4-7/h2-4,8-9H,5-7,10H2,1H3;4-7H,1-3H3;7-8H,3-6H2,1-2H3. The molecule has 2 aliphatic rings. The predicted molar refractivity (Wildman–Crippen MR) is 171 cm³/mol.